The standard InChI is InChI=1S/C15H19N5O3S/c1-10-11(2-3-12(21)18-15-16-4-9-24-15)13(22)19-14(17-10)20-5-7-23-8-6-20/h4,9H,2-3,5-8H2,1H3,(H,16,18,21)(H,17,19,22). The molecule has 1 saturated heterocycles. The van der Waals surface area contributed by atoms with Gasteiger partial charge in [0, 0.05) is 42.3 Å². The Labute approximate surface area is 142 Å². The molecule has 1 amide bonds. The number of morpholine rings is 1. The number of ether oxygens (including phenoxy) is 1. The molecule has 3 rings (SSSR count). The van der Waals surface area contributed by atoms with Gasteiger partial charge in [-0.1, -0.05) is 0 Å². The van der Waals surface area contributed by atoms with Crippen molar-refractivity contribution in [3.63, 3.8) is 0 Å². The van der Waals surface area contributed by atoms with Crippen LogP contribution in [0.1, 0.15) is 17.7 Å². The van der Waals surface area contributed by atoms with Gasteiger partial charge in [-0.25, -0.2) is 9.97 Å². The van der Waals surface area contributed by atoms with Crippen molar-refractivity contribution in [2.75, 3.05) is 36.5 Å². The molecule has 8 nitrogen and oxygen atoms in total. The first-order valence-corrected chi connectivity index (χ1v) is 8.63. The number of rotatable bonds is 5. The van der Waals surface area contributed by atoms with Crippen molar-refractivity contribution in [3.05, 3.63) is 33.2 Å². The van der Waals surface area contributed by atoms with Gasteiger partial charge in [-0.3, -0.25) is 14.6 Å². The number of hydrogen-bond donors (Lipinski definition) is 2. The Morgan fingerprint density at radius 1 is 1.46 bits per heavy atom. The Hall–Kier alpha value is -2.26. The highest BCUT2D eigenvalue weighted by molar-refractivity contribution is 7.13. The van der Waals surface area contributed by atoms with Crippen molar-refractivity contribution in [2.24, 2.45) is 0 Å². The van der Waals surface area contributed by atoms with Crippen LogP contribution in [0.25, 0.3) is 0 Å². The number of carbonyl (C=O) groups excluding carboxylic acids is 1. The first-order chi connectivity index (χ1) is 11.6. The van der Waals surface area contributed by atoms with Gasteiger partial charge in [0.1, 0.15) is 0 Å². The van der Waals surface area contributed by atoms with Crippen LogP contribution < -0.4 is 15.8 Å². The zero-order valence-corrected chi connectivity index (χ0v) is 14.2. The lowest BCUT2D eigenvalue weighted by Gasteiger charge is -2.27. The first-order valence-electron chi connectivity index (χ1n) is 7.75. The quantitative estimate of drug-likeness (QED) is 0.833. The second-order valence-electron chi connectivity index (χ2n) is 5.44. The van der Waals surface area contributed by atoms with E-state index in [0.717, 1.165) is 0 Å². The van der Waals surface area contributed by atoms with E-state index in [1.54, 1.807) is 18.5 Å². The molecule has 1 fully saturated rings. The third-order valence-electron chi connectivity index (χ3n) is 3.80. The van der Waals surface area contributed by atoms with E-state index in [1.807, 2.05) is 4.90 Å². The summed E-state index contributed by atoms with van der Waals surface area (Å²) in [5, 5.41) is 5.06. The van der Waals surface area contributed by atoms with Crippen molar-refractivity contribution < 1.29 is 9.53 Å². The van der Waals surface area contributed by atoms with Crippen LogP contribution in [0.2, 0.25) is 0 Å². The Morgan fingerprint density at radius 2 is 2.25 bits per heavy atom. The predicted octanol–water partition coefficient (Wildman–Crippen LogP) is 0.943. The fraction of sp³-hybridized carbons (Fsp3) is 0.467. The third-order valence-corrected chi connectivity index (χ3v) is 4.49. The molecule has 128 valence electrons. The molecule has 24 heavy (non-hydrogen) atoms. The van der Waals surface area contributed by atoms with E-state index >= 15 is 0 Å². The highest BCUT2D eigenvalue weighted by Gasteiger charge is 2.16. The molecule has 0 radical (unpaired) electrons. The average molecular weight is 349 g/mol. The third kappa shape index (κ3) is 3.98. The van der Waals surface area contributed by atoms with E-state index in [-0.39, 0.29) is 17.9 Å². The van der Waals surface area contributed by atoms with Gasteiger partial charge in [0.05, 0.1) is 13.2 Å². The molecule has 1 aliphatic rings. The molecular formula is C15H19N5O3S. The molecule has 0 unspecified atom stereocenters. The maximum Gasteiger partial charge on any atom is 0.255 e. The van der Waals surface area contributed by atoms with E-state index < -0.39 is 0 Å². The molecule has 0 atom stereocenters. The van der Waals surface area contributed by atoms with Gasteiger partial charge < -0.3 is 15.0 Å². The SMILES string of the molecule is Cc1nc(N2CCOCC2)[nH]c(=O)c1CCC(=O)Nc1nccs1. The lowest BCUT2D eigenvalue weighted by atomic mass is 10.1. The Morgan fingerprint density at radius 3 is 2.92 bits per heavy atom. The van der Waals surface area contributed by atoms with Crippen molar-refractivity contribution in [1.82, 2.24) is 15.0 Å². The summed E-state index contributed by atoms with van der Waals surface area (Å²) in [6.07, 6.45) is 2.18. The van der Waals surface area contributed by atoms with E-state index in [2.05, 4.69) is 20.3 Å². The molecule has 2 N–H and O–H groups in total. The topological polar surface area (TPSA) is 100 Å². The second-order valence-corrected chi connectivity index (χ2v) is 6.33. The highest BCUT2D eigenvalue weighted by atomic mass is 32.1. The van der Waals surface area contributed by atoms with Crippen molar-refractivity contribution >= 4 is 28.3 Å². The van der Waals surface area contributed by atoms with Gasteiger partial charge in [0.15, 0.2) is 5.13 Å². The van der Waals surface area contributed by atoms with Crippen LogP contribution in [0.4, 0.5) is 11.1 Å². The van der Waals surface area contributed by atoms with Gasteiger partial charge in [-0.2, -0.15) is 0 Å². The minimum absolute atomic E-state index is 0.166. The van der Waals surface area contributed by atoms with Crippen LogP contribution >= 0.6 is 11.3 Å². The monoisotopic (exact) mass is 349 g/mol. The Bertz CT molecular complexity index is 753. The zero-order chi connectivity index (χ0) is 16.9. The summed E-state index contributed by atoms with van der Waals surface area (Å²) in [6, 6.07) is 0. The number of nitrogens with zero attached hydrogens (tertiary/aromatic N) is 3. The molecule has 0 spiro atoms. The number of aromatic nitrogens is 3. The zero-order valence-electron chi connectivity index (χ0n) is 13.4. The van der Waals surface area contributed by atoms with Crippen molar-refractivity contribution in [1.29, 1.82) is 0 Å². The number of carbonyl (C=O) groups is 1. The smallest absolute Gasteiger partial charge is 0.255 e. The molecule has 1 aliphatic heterocycles. The summed E-state index contributed by atoms with van der Waals surface area (Å²) < 4.78 is 5.30. The normalized spacial score (nSPS) is 14.6. The molecule has 0 aliphatic carbocycles. The first kappa shape index (κ1) is 16.6. The molecule has 9 heteroatoms. The molecule has 0 bridgehead atoms. The van der Waals surface area contributed by atoms with Crippen LogP contribution in [0.3, 0.4) is 0 Å². The van der Waals surface area contributed by atoms with Gasteiger partial charge in [0.25, 0.3) is 5.56 Å². The van der Waals surface area contributed by atoms with Gasteiger partial charge >= 0.3 is 0 Å². The highest BCUT2D eigenvalue weighted by Crippen LogP contribution is 2.13. The lowest BCUT2D eigenvalue weighted by molar-refractivity contribution is -0.116. The number of hydrogen-bond acceptors (Lipinski definition) is 7. The Balaban J connectivity index is 1.65. The number of H-pyrrole nitrogens is 1. The fourth-order valence-corrected chi connectivity index (χ4v) is 3.07. The van der Waals surface area contributed by atoms with Crippen LogP contribution in [-0.2, 0) is 16.0 Å². The Kier molecular flexibility index (Phi) is 5.21. The second kappa shape index (κ2) is 7.54. The van der Waals surface area contributed by atoms with E-state index in [0.29, 0.717) is 55.1 Å². The number of aromatic amines is 1. The molecule has 0 saturated carbocycles. The maximum atomic E-state index is 12.3. The molecular weight excluding hydrogens is 330 g/mol. The van der Waals surface area contributed by atoms with E-state index in [9.17, 15) is 9.59 Å². The van der Waals surface area contributed by atoms with Crippen LogP contribution in [-0.4, -0.2) is 47.2 Å². The lowest BCUT2D eigenvalue weighted by Crippen LogP contribution is -2.38. The minimum Gasteiger partial charge on any atom is -0.378 e. The van der Waals surface area contributed by atoms with Gasteiger partial charge in [0.2, 0.25) is 11.9 Å². The molecule has 2 aromatic rings. The predicted molar refractivity (Wildman–Crippen MR) is 91.7 cm³/mol. The summed E-state index contributed by atoms with van der Waals surface area (Å²) >= 11 is 1.36. The van der Waals surface area contributed by atoms with Crippen LogP contribution in [0.5, 0.6) is 0 Å². The fourth-order valence-electron chi connectivity index (χ4n) is 2.52. The summed E-state index contributed by atoms with van der Waals surface area (Å²) in [4.78, 5) is 37.6. The number of anilines is 2. The number of nitrogens with one attached hydrogen (secondary N) is 2. The number of thiazole rings is 1. The van der Waals surface area contributed by atoms with E-state index in [1.165, 1.54) is 11.3 Å². The number of amides is 1. The number of aryl methyl sites for hydroxylation is 1. The average Bonchev–Trinajstić information content (AvgIpc) is 3.07. The molecule has 3 heterocycles. The maximum absolute atomic E-state index is 12.3. The van der Waals surface area contributed by atoms with E-state index in [4.69, 9.17) is 4.74 Å². The van der Waals surface area contributed by atoms with Crippen molar-refractivity contribution in [2.45, 2.75) is 19.8 Å². The van der Waals surface area contributed by atoms with Crippen LogP contribution in [0, 0.1) is 6.92 Å². The molecule has 2 aromatic heterocycles. The summed E-state index contributed by atoms with van der Waals surface area (Å²) in [5.74, 6) is 0.401. The van der Waals surface area contributed by atoms with Gasteiger partial charge in [-0.05, 0) is 13.3 Å². The largest absolute Gasteiger partial charge is 0.378 e. The summed E-state index contributed by atoms with van der Waals surface area (Å²) in [5.41, 5.74) is 1.01. The summed E-state index contributed by atoms with van der Waals surface area (Å²) in [7, 11) is 0. The minimum atomic E-state index is -0.189. The van der Waals surface area contributed by atoms with Crippen molar-refractivity contribution in [3.8, 4) is 0 Å². The van der Waals surface area contributed by atoms with Gasteiger partial charge in [-0.15, -0.1) is 11.3 Å². The van der Waals surface area contributed by atoms with Crippen LogP contribution in [0.15, 0.2) is 16.4 Å². The molecule has 0 aromatic carbocycles. The summed E-state index contributed by atoms with van der Waals surface area (Å²) in [6.45, 7) is 4.46.